The monoisotopic (exact) mass is 277 g/mol. The number of likely N-dealkylation sites (tertiary alicyclic amines) is 1. The Kier molecular flexibility index (Phi) is 4.75. The van der Waals surface area contributed by atoms with Crippen LogP contribution in [0.1, 0.15) is 84.5 Å². The molecule has 0 atom stereocenters. The van der Waals surface area contributed by atoms with Crippen molar-refractivity contribution in [3.05, 3.63) is 0 Å². The van der Waals surface area contributed by atoms with Gasteiger partial charge in [-0.3, -0.25) is 0 Å². The van der Waals surface area contributed by atoms with Crippen molar-refractivity contribution in [2.45, 2.75) is 90.5 Å². The Labute approximate surface area is 126 Å². The number of hydrogen-bond acceptors (Lipinski definition) is 1. The predicted octanol–water partition coefficient (Wildman–Crippen LogP) is 5.25. The van der Waals surface area contributed by atoms with Crippen LogP contribution in [0.15, 0.2) is 0 Å². The molecule has 3 aliphatic rings. The Bertz CT molecular complexity index is 285. The maximum Gasteiger partial charge on any atom is 0.00952 e. The fourth-order valence-electron chi connectivity index (χ4n) is 5.23. The van der Waals surface area contributed by atoms with Gasteiger partial charge in [0, 0.05) is 6.04 Å². The maximum absolute atomic E-state index is 2.86. The van der Waals surface area contributed by atoms with Crippen LogP contribution < -0.4 is 0 Å². The molecule has 0 aromatic rings. The molecule has 1 aliphatic heterocycles. The molecule has 3 rings (SSSR count). The molecule has 20 heavy (non-hydrogen) atoms. The summed E-state index contributed by atoms with van der Waals surface area (Å²) in [6, 6.07) is 0.952. The fourth-order valence-corrected chi connectivity index (χ4v) is 5.23. The average molecular weight is 277 g/mol. The number of nitrogens with zero attached hydrogens (tertiary/aromatic N) is 1. The summed E-state index contributed by atoms with van der Waals surface area (Å²) in [4.78, 5) is 2.86. The lowest BCUT2D eigenvalue weighted by Crippen LogP contribution is -2.47. The molecule has 1 spiro atoms. The van der Waals surface area contributed by atoms with Crippen LogP contribution in [0.4, 0.5) is 0 Å². The largest absolute Gasteiger partial charge is 0.300 e. The molecule has 0 N–H and O–H groups in total. The van der Waals surface area contributed by atoms with Gasteiger partial charge in [0.2, 0.25) is 0 Å². The zero-order valence-corrected chi connectivity index (χ0v) is 13.9. The van der Waals surface area contributed by atoms with Crippen molar-refractivity contribution in [3.8, 4) is 0 Å². The minimum absolute atomic E-state index is 0.760. The second-order valence-corrected chi connectivity index (χ2v) is 8.41. The molecule has 1 heteroatoms. The predicted molar refractivity (Wildman–Crippen MR) is 86.9 cm³/mol. The molecular weight excluding hydrogens is 242 g/mol. The highest BCUT2D eigenvalue weighted by Gasteiger charge is 2.39. The Morgan fingerprint density at radius 1 is 0.800 bits per heavy atom. The first kappa shape index (κ1) is 14.9. The van der Waals surface area contributed by atoms with Crippen molar-refractivity contribution in [3.63, 3.8) is 0 Å². The van der Waals surface area contributed by atoms with E-state index in [1.54, 1.807) is 0 Å². The Morgan fingerprint density at radius 2 is 1.40 bits per heavy atom. The highest BCUT2D eigenvalue weighted by atomic mass is 15.2. The van der Waals surface area contributed by atoms with E-state index in [-0.39, 0.29) is 0 Å². The molecular formula is C19H35N. The lowest BCUT2D eigenvalue weighted by Gasteiger charge is -2.48. The minimum atomic E-state index is 0.760. The Hall–Kier alpha value is -0.0400. The third-order valence-corrected chi connectivity index (χ3v) is 6.98. The average Bonchev–Trinajstić information content (AvgIpc) is 2.49. The first-order chi connectivity index (χ1) is 9.69. The van der Waals surface area contributed by atoms with Gasteiger partial charge in [-0.15, -0.1) is 0 Å². The van der Waals surface area contributed by atoms with Crippen molar-refractivity contribution in [2.75, 3.05) is 13.1 Å². The van der Waals surface area contributed by atoms with E-state index in [2.05, 4.69) is 18.7 Å². The van der Waals surface area contributed by atoms with E-state index in [1.807, 2.05) is 0 Å². The zero-order valence-electron chi connectivity index (χ0n) is 13.9. The van der Waals surface area contributed by atoms with E-state index < -0.39 is 0 Å². The standard InChI is InChI=1S/C19H35N/c1-16(2)17-8-10-19(11-9-17)12-14-20(15-13-19)18-6-4-3-5-7-18/h16-18H,3-15H2,1-2H3. The summed E-state index contributed by atoms with van der Waals surface area (Å²) < 4.78 is 0. The van der Waals surface area contributed by atoms with Crippen molar-refractivity contribution < 1.29 is 0 Å². The van der Waals surface area contributed by atoms with Crippen LogP contribution in [-0.2, 0) is 0 Å². The maximum atomic E-state index is 2.86. The molecule has 3 fully saturated rings. The molecule has 0 aromatic heterocycles. The summed E-state index contributed by atoms with van der Waals surface area (Å²) in [7, 11) is 0. The Morgan fingerprint density at radius 3 is 1.95 bits per heavy atom. The van der Waals surface area contributed by atoms with Gasteiger partial charge in [0.25, 0.3) is 0 Å². The van der Waals surface area contributed by atoms with Gasteiger partial charge < -0.3 is 4.90 Å². The highest BCUT2D eigenvalue weighted by Crippen LogP contribution is 2.48. The highest BCUT2D eigenvalue weighted by molar-refractivity contribution is 4.92. The quantitative estimate of drug-likeness (QED) is 0.666. The summed E-state index contributed by atoms with van der Waals surface area (Å²) >= 11 is 0. The Balaban J connectivity index is 1.48. The molecule has 0 bridgehead atoms. The van der Waals surface area contributed by atoms with Gasteiger partial charge in [0.05, 0.1) is 0 Å². The van der Waals surface area contributed by atoms with Gasteiger partial charge in [-0.25, -0.2) is 0 Å². The van der Waals surface area contributed by atoms with E-state index in [1.165, 1.54) is 83.7 Å². The van der Waals surface area contributed by atoms with E-state index in [0.29, 0.717) is 0 Å². The topological polar surface area (TPSA) is 3.24 Å². The summed E-state index contributed by atoms with van der Waals surface area (Å²) in [5.74, 6) is 1.94. The van der Waals surface area contributed by atoms with Crippen molar-refractivity contribution >= 4 is 0 Å². The zero-order chi connectivity index (χ0) is 14.0. The SMILES string of the molecule is CC(C)C1CCC2(CC1)CCN(C1CCCCC1)CC2. The first-order valence-corrected chi connectivity index (χ1v) is 9.43. The van der Waals surface area contributed by atoms with E-state index in [4.69, 9.17) is 0 Å². The van der Waals surface area contributed by atoms with E-state index in [0.717, 1.165) is 23.3 Å². The molecule has 1 heterocycles. The van der Waals surface area contributed by atoms with Gasteiger partial charge in [0.15, 0.2) is 0 Å². The molecule has 0 radical (unpaired) electrons. The molecule has 2 aliphatic carbocycles. The molecule has 2 saturated carbocycles. The van der Waals surface area contributed by atoms with Crippen LogP contribution in [0.25, 0.3) is 0 Å². The summed E-state index contributed by atoms with van der Waals surface area (Å²) in [6.07, 6.45) is 16.6. The van der Waals surface area contributed by atoms with Gasteiger partial charge in [0.1, 0.15) is 0 Å². The van der Waals surface area contributed by atoms with Crippen LogP contribution in [0.2, 0.25) is 0 Å². The van der Waals surface area contributed by atoms with Crippen LogP contribution >= 0.6 is 0 Å². The second-order valence-electron chi connectivity index (χ2n) is 8.41. The van der Waals surface area contributed by atoms with Crippen LogP contribution in [-0.4, -0.2) is 24.0 Å². The third kappa shape index (κ3) is 3.24. The van der Waals surface area contributed by atoms with Gasteiger partial charge in [-0.1, -0.05) is 33.1 Å². The molecule has 0 amide bonds. The number of hydrogen-bond donors (Lipinski definition) is 0. The second kappa shape index (κ2) is 6.38. The molecule has 116 valence electrons. The van der Waals surface area contributed by atoms with Crippen LogP contribution in [0.3, 0.4) is 0 Å². The fraction of sp³-hybridized carbons (Fsp3) is 1.00. The summed E-state index contributed by atoms with van der Waals surface area (Å²) in [5.41, 5.74) is 0.760. The van der Waals surface area contributed by atoms with E-state index in [9.17, 15) is 0 Å². The summed E-state index contributed by atoms with van der Waals surface area (Å²) in [6.45, 7) is 7.68. The van der Waals surface area contributed by atoms with Gasteiger partial charge in [-0.05, 0) is 81.7 Å². The number of piperidine rings is 1. The van der Waals surface area contributed by atoms with E-state index >= 15 is 0 Å². The van der Waals surface area contributed by atoms with Crippen molar-refractivity contribution in [1.29, 1.82) is 0 Å². The normalized spacial score (nSPS) is 30.1. The van der Waals surface area contributed by atoms with Crippen LogP contribution in [0, 0.1) is 17.3 Å². The molecule has 1 saturated heterocycles. The van der Waals surface area contributed by atoms with Crippen molar-refractivity contribution in [2.24, 2.45) is 17.3 Å². The van der Waals surface area contributed by atoms with Crippen LogP contribution in [0.5, 0.6) is 0 Å². The number of rotatable bonds is 2. The van der Waals surface area contributed by atoms with Gasteiger partial charge in [-0.2, -0.15) is 0 Å². The smallest absolute Gasteiger partial charge is 0.00952 e. The lowest BCUT2D eigenvalue weighted by molar-refractivity contribution is 0.0195. The van der Waals surface area contributed by atoms with Crippen molar-refractivity contribution in [1.82, 2.24) is 4.90 Å². The summed E-state index contributed by atoms with van der Waals surface area (Å²) in [5, 5.41) is 0. The molecule has 1 nitrogen and oxygen atoms in total. The molecule has 0 unspecified atom stereocenters. The third-order valence-electron chi connectivity index (χ3n) is 6.98. The first-order valence-electron chi connectivity index (χ1n) is 9.43. The lowest BCUT2D eigenvalue weighted by atomic mass is 9.63. The molecule has 0 aromatic carbocycles. The minimum Gasteiger partial charge on any atom is -0.300 e. The van der Waals surface area contributed by atoms with Gasteiger partial charge >= 0.3 is 0 Å².